The van der Waals surface area contributed by atoms with Gasteiger partial charge in [-0.15, -0.1) is 0 Å². The first kappa shape index (κ1) is 25.7. The summed E-state index contributed by atoms with van der Waals surface area (Å²) in [5.74, 6) is 1.77. The third-order valence-electron chi connectivity index (χ3n) is 8.56. The Hall–Kier alpha value is -3.95. The minimum atomic E-state index is 0.00108. The molecule has 5 N–H and O–H groups in total. The fourth-order valence-corrected chi connectivity index (χ4v) is 5.88. The predicted octanol–water partition coefficient (Wildman–Crippen LogP) is 5.26. The van der Waals surface area contributed by atoms with E-state index in [-0.39, 0.29) is 10.8 Å². The fourth-order valence-electron chi connectivity index (χ4n) is 5.88. The molecule has 10 heteroatoms. The smallest absolute Gasteiger partial charge is 0.192 e. The van der Waals surface area contributed by atoms with Crippen LogP contribution in [0.25, 0.3) is 11.1 Å². The highest BCUT2D eigenvalue weighted by atomic mass is 16.3. The Morgan fingerprint density at radius 3 is 2.24 bits per heavy atom. The van der Waals surface area contributed by atoms with Crippen molar-refractivity contribution in [2.24, 2.45) is 0 Å². The highest BCUT2D eigenvalue weighted by Gasteiger charge is 2.43. The van der Waals surface area contributed by atoms with Crippen molar-refractivity contribution in [2.45, 2.75) is 71.1 Å². The molecule has 4 aromatic rings. The number of benzene rings is 1. The minimum absolute atomic E-state index is 0.00108. The van der Waals surface area contributed by atoms with Crippen LogP contribution in [0.15, 0.2) is 35.3 Å². The van der Waals surface area contributed by atoms with Gasteiger partial charge in [-0.2, -0.15) is 0 Å². The van der Waals surface area contributed by atoms with Crippen LogP contribution in [0.5, 0.6) is 0 Å². The quantitative estimate of drug-likeness (QED) is 0.322. The Kier molecular flexibility index (Phi) is 6.58. The van der Waals surface area contributed by atoms with Gasteiger partial charge in [-0.1, -0.05) is 27.7 Å². The molecule has 0 saturated heterocycles. The number of aryl methyl sites for hydroxylation is 1. The number of anilines is 5. The number of rotatable bonds is 5. The van der Waals surface area contributed by atoms with Gasteiger partial charge in [0.05, 0.1) is 17.1 Å². The van der Waals surface area contributed by atoms with Gasteiger partial charge in [-0.05, 0) is 43.9 Å². The number of hydrogen-bond donors (Lipinski definition) is 3. The summed E-state index contributed by atoms with van der Waals surface area (Å²) < 4.78 is 5.58. The van der Waals surface area contributed by atoms with E-state index < -0.39 is 0 Å². The maximum atomic E-state index is 6.22. The van der Waals surface area contributed by atoms with Gasteiger partial charge in [0.2, 0.25) is 0 Å². The molecule has 2 aliphatic heterocycles. The molecule has 0 saturated carbocycles. The van der Waals surface area contributed by atoms with Gasteiger partial charge in [0.15, 0.2) is 23.1 Å². The van der Waals surface area contributed by atoms with Gasteiger partial charge in [0.25, 0.3) is 0 Å². The lowest BCUT2D eigenvalue weighted by atomic mass is 9.81. The van der Waals surface area contributed by atoms with Crippen molar-refractivity contribution in [3.8, 4) is 0 Å². The lowest BCUT2D eigenvalue weighted by Gasteiger charge is -2.27. The largest absolute Gasteiger partial charge is 0.441 e. The summed E-state index contributed by atoms with van der Waals surface area (Å²) in [6.45, 7) is 12.4. The van der Waals surface area contributed by atoms with Gasteiger partial charge in [-0.3, -0.25) is 0 Å². The number of aromatic nitrogens is 5. The molecule has 10 nitrogen and oxygen atoms in total. The molecule has 0 unspecified atom stereocenters. The van der Waals surface area contributed by atoms with Gasteiger partial charge in [0, 0.05) is 36.5 Å². The summed E-state index contributed by atoms with van der Waals surface area (Å²) >= 11 is 0. The average molecular weight is 516 g/mol. The van der Waals surface area contributed by atoms with Crippen LogP contribution in [-0.4, -0.2) is 38.0 Å². The van der Waals surface area contributed by atoms with Crippen LogP contribution < -0.4 is 21.7 Å². The fraction of sp³-hybridized carbons (Fsp3) is 0.464. The van der Waals surface area contributed by atoms with Crippen molar-refractivity contribution in [3.05, 3.63) is 48.1 Å². The number of nitrogen functional groups attached to an aromatic ring is 2. The molecular formula is C28H37N9O. The van der Waals surface area contributed by atoms with E-state index in [1.807, 2.05) is 25.1 Å². The molecule has 5 heterocycles. The normalized spacial score (nSPS) is 16.5. The Bertz CT molecular complexity index is 1460. The molecule has 1 aromatic carbocycles. The van der Waals surface area contributed by atoms with Crippen molar-refractivity contribution in [2.75, 3.05) is 34.8 Å². The van der Waals surface area contributed by atoms with Crippen molar-refractivity contribution in [3.63, 3.8) is 0 Å². The Morgan fingerprint density at radius 1 is 0.895 bits per heavy atom. The monoisotopic (exact) mass is 515 g/mol. The molecule has 200 valence electrons. The van der Waals surface area contributed by atoms with Crippen LogP contribution in [0.3, 0.4) is 0 Å². The summed E-state index contributed by atoms with van der Waals surface area (Å²) in [4.78, 5) is 23.8. The first-order valence-electron chi connectivity index (χ1n) is 13.4. The number of hydrogen-bond acceptors (Lipinski definition) is 10. The molecule has 0 spiro atoms. The van der Waals surface area contributed by atoms with Gasteiger partial charge in [-0.25, -0.2) is 24.9 Å². The number of nitrogens with two attached hydrogens (primary N) is 2. The van der Waals surface area contributed by atoms with Crippen LogP contribution in [0, 0.1) is 6.92 Å². The predicted molar refractivity (Wildman–Crippen MR) is 152 cm³/mol. The molecular weight excluding hydrogens is 478 g/mol. The zero-order valence-electron chi connectivity index (χ0n) is 22.9. The van der Waals surface area contributed by atoms with E-state index in [1.54, 1.807) is 12.7 Å². The second kappa shape index (κ2) is 9.74. The molecule has 6 rings (SSSR count). The van der Waals surface area contributed by atoms with E-state index in [2.05, 4.69) is 62.8 Å². The Labute approximate surface area is 223 Å². The van der Waals surface area contributed by atoms with E-state index in [0.29, 0.717) is 17.5 Å². The van der Waals surface area contributed by atoms with Crippen LogP contribution in [0.2, 0.25) is 0 Å². The molecule has 2 aliphatic rings. The van der Waals surface area contributed by atoms with Crippen LogP contribution >= 0.6 is 0 Å². The number of nitrogens with one attached hydrogen (secondary N) is 1. The topological polar surface area (TPSA) is 145 Å². The number of oxazole rings is 1. The Balaban J connectivity index is 0.000000179. The summed E-state index contributed by atoms with van der Waals surface area (Å²) in [7, 11) is 0. The van der Waals surface area contributed by atoms with E-state index in [1.165, 1.54) is 0 Å². The zero-order valence-corrected chi connectivity index (χ0v) is 22.9. The molecule has 0 atom stereocenters. The summed E-state index contributed by atoms with van der Waals surface area (Å²) in [6.07, 6.45) is 7.31. The third kappa shape index (κ3) is 3.99. The van der Waals surface area contributed by atoms with Crippen molar-refractivity contribution < 1.29 is 4.42 Å². The molecule has 0 radical (unpaired) electrons. The number of nitrogens with zero attached hydrogens (tertiary/aromatic N) is 6. The van der Waals surface area contributed by atoms with Crippen LogP contribution in [-0.2, 0) is 10.8 Å². The summed E-state index contributed by atoms with van der Waals surface area (Å²) in [5, 5.41) is 3.31. The van der Waals surface area contributed by atoms with E-state index in [4.69, 9.17) is 15.9 Å². The lowest BCUT2D eigenvalue weighted by molar-refractivity contribution is 0.417. The number of fused-ring (bicyclic) bond motifs is 3. The first-order valence-corrected chi connectivity index (χ1v) is 13.4. The van der Waals surface area contributed by atoms with E-state index in [9.17, 15) is 0 Å². The third-order valence-corrected chi connectivity index (χ3v) is 8.56. The maximum Gasteiger partial charge on any atom is 0.192 e. The Morgan fingerprint density at radius 2 is 1.55 bits per heavy atom. The molecule has 38 heavy (non-hydrogen) atoms. The average Bonchev–Trinajstić information content (AvgIpc) is 3.61. The summed E-state index contributed by atoms with van der Waals surface area (Å²) in [5.41, 5.74) is 18.9. The van der Waals surface area contributed by atoms with Crippen molar-refractivity contribution >= 4 is 39.8 Å². The van der Waals surface area contributed by atoms with Crippen LogP contribution in [0.1, 0.15) is 70.7 Å². The van der Waals surface area contributed by atoms with Gasteiger partial charge in [0.1, 0.15) is 23.9 Å². The highest BCUT2D eigenvalue weighted by molar-refractivity contribution is 5.84. The van der Waals surface area contributed by atoms with Crippen molar-refractivity contribution in [1.82, 2.24) is 24.9 Å². The molecule has 3 aromatic heterocycles. The molecule has 0 amide bonds. The maximum absolute atomic E-state index is 6.22. The van der Waals surface area contributed by atoms with Crippen molar-refractivity contribution in [1.29, 1.82) is 0 Å². The summed E-state index contributed by atoms with van der Waals surface area (Å²) in [6, 6.07) is 6.05. The lowest BCUT2D eigenvalue weighted by Crippen LogP contribution is -2.30. The SMILES string of the molecule is CCC1(CC)CN(c2ccc3oc(C)nc3c2)c2c(N)ncnc21.CCC1(CC)CNc2c(N)ncnc21. The molecule has 0 aliphatic carbocycles. The highest BCUT2D eigenvalue weighted by Crippen LogP contribution is 2.49. The van der Waals surface area contributed by atoms with Crippen LogP contribution in [0.4, 0.5) is 28.7 Å². The minimum Gasteiger partial charge on any atom is -0.441 e. The van der Waals surface area contributed by atoms with Gasteiger partial charge >= 0.3 is 0 Å². The van der Waals surface area contributed by atoms with E-state index in [0.717, 1.165) is 78.3 Å². The second-order valence-corrected chi connectivity index (χ2v) is 10.2. The molecule has 0 bridgehead atoms. The van der Waals surface area contributed by atoms with E-state index >= 15 is 0 Å². The second-order valence-electron chi connectivity index (χ2n) is 10.2. The standard InChI is InChI=1S/C18H21N5O.C10H16N4/c1-4-18(5-2)9-23(15-16(18)20-10-21-17(15)19)12-6-7-14-13(8-12)22-11(3)24-14;1-3-10(4-2)5-12-7-8(10)13-6-14-9(7)11/h6-8,10H,4-5,9H2,1-3H3,(H2,19,20,21);6,12H,3-5H2,1-2H3,(H2,11,13,14). The first-order chi connectivity index (χ1) is 18.3. The molecule has 0 fully saturated rings. The van der Waals surface area contributed by atoms with Gasteiger partial charge < -0.3 is 26.1 Å². The zero-order chi connectivity index (χ0) is 27.1.